The molecule has 0 bridgehead atoms. The summed E-state index contributed by atoms with van der Waals surface area (Å²) in [7, 11) is 0. The zero-order chi connectivity index (χ0) is 22.4. The molecule has 1 amide bonds. The number of nitro groups is 1. The van der Waals surface area contributed by atoms with Gasteiger partial charge in [0.1, 0.15) is 5.02 Å². The van der Waals surface area contributed by atoms with Gasteiger partial charge in [-0.25, -0.2) is 4.79 Å². The van der Waals surface area contributed by atoms with Crippen molar-refractivity contribution in [3.63, 3.8) is 0 Å². The van der Waals surface area contributed by atoms with Crippen LogP contribution in [0.15, 0.2) is 54.6 Å². The van der Waals surface area contributed by atoms with Gasteiger partial charge in [-0.05, 0) is 36.8 Å². The number of carbonyl (C=O) groups excluding carboxylic acids is 2. The number of hydrogen-bond acceptors (Lipinski definition) is 6. The topological polar surface area (TPSA) is 93.0 Å². The molecule has 0 N–H and O–H groups in total. The summed E-state index contributed by atoms with van der Waals surface area (Å²) in [5.74, 6) is -0.960. The summed E-state index contributed by atoms with van der Waals surface area (Å²) in [5.41, 5.74) is 1.28. The van der Waals surface area contributed by atoms with Crippen molar-refractivity contribution in [2.24, 2.45) is 0 Å². The fraction of sp³-hybridized carbons (Fsp3) is 0.273. The number of nitro benzene ring substituents is 1. The summed E-state index contributed by atoms with van der Waals surface area (Å²) in [6, 6.07) is 14.2. The summed E-state index contributed by atoms with van der Waals surface area (Å²) in [6.07, 6.45) is 1.57. The van der Waals surface area contributed by atoms with Gasteiger partial charge in [-0.2, -0.15) is 0 Å². The van der Waals surface area contributed by atoms with Crippen molar-refractivity contribution in [2.75, 3.05) is 31.1 Å². The highest BCUT2D eigenvalue weighted by Gasteiger charge is 2.26. The molecular formula is C22H22ClN3O5. The van der Waals surface area contributed by atoms with Gasteiger partial charge in [-0.15, -0.1) is 0 Å². The molecule has 0 aromatic heterocycles. The highest BCUT2D eigenvalue weighted by Crippen LogP contribution is 2.25. The van der Waals surface area contributed by atoms with E-state index in [0.29, 0.717) is 31.7 Å². The average Bonchev–Trinajstić information content (AvgIpc) is 2.78. The Morgan fingerprint density at radius 3 is 2.45 bits per heavy atom. The van der Waals surface area contributed by atoms with Crippen molar-refractivity contribution in [1.82, 2.24) is 4.90 Å². The Labute approximate surface area is 184 Å². The smallest absolute Gasteiger partial charge is 0.331 e. The second-order valence-electron chi connectivity index (χ2n) is 7.03. The van der Waals surface area contributed by atoms with Crippen molar-refractivity contribution in [3.8, 4) is 0 Å². The lowest BCUT2D eigenvalue weighted by Crippen LogP contribution is -2.51. The van der Waals surface area contributed by atoms with Crippen molar-refractivity contribution in [2.45, 2.75) is 13.0 Å². The first-order valence-corrected chi connectivity index (χ1v) is 10.1. The van der Waals surface area contributed by atoms with E-state index in [-0.39, 0.29) is 16.6 Å². The molecule has 1 saturated heterocycles. The minimum atomic E-state index is -0.931. The van der Waals surface area contributed by atoms with Gasteiger partial charge in [0.2, 0.25) is 0 Å². The molecule has 1 heterocycles. The van der Waals surface area contributed by atoms with Crippen LogP contribution < -0.4 is 4.90 Å². The molecule has 3 rings (SSSR count). The second-order valence-corrected chi connectivity index (χ2v) is 7.44. The molecule has 1 aliphatic rings. The maximum Gasteiger partial charge on any atom is 0.331 e. The third kappa shape index (κ3) is 5.82. The zero-order valence-corrected chi connectivity index (χ0v) is 17.7. The summed E-state index contributed by atoms with van der Waals surface area (Å²) in [6.45, 7) is 4.02. The number of carbonyl (C=O) groups is 2. The van der Waals surface area contributed by atoms with Gasteiger partial charge in [0, 0.05) is 44.0 Å². The Bertz CT molecular complexity index is 988. The molecule has 0 saturated carbocycles. The quantitative estimate of drug-likeness (QED) is 0.293. The zero-order valence-electron chi connectivity index (χ0n) is 16.9. The van der Waals surface area contributed by atoms with Crippen molar-refractivity contribution < 1.29 is 19.2 Å². The van der Waals surface area contributed by atoms with E-state index in [0.717, 1.165) is 11.8 Å². The number of esters is 1. The third-order valence-electron chi connectivity index (χ3n) is 4.93. The number of halogens is 1. The maximum absolute atomic E-state index is 12.6. The van der Waals surface area contributed by atoms with E-state index in [4.69, 9.17) is 16.3 Å². The fourth-order valence-electron chi connectivity index (χ4n) is 3.28. The molecular weight excluding hydrogens is 422 g/mol. The van der Waals surface area contributed by atoms with Crippen LogP contribution in [0, 0.1) is 10.1 Å². The number of piperazine rings is 1. The van der Waals surface area contributed by atoms with Crippen LogP contribution in [-0.4, -0.2) is 54.0 Å². The van der Waals surface area contributed by atoms with Crippen LogP contribution in [0.25, 0.3) is 6.08 Å². The van der Waals surface area contributed by atoms with Crippen molar-refractivity contribution in [1.29, 1.82) is 0 Å². The van der Waals surface area contributed by atoms with Gasteiger partial charge in [0.05, 0.1) is 4.92 Å². The summed E-state index contributed by atoms with van der Waals surface area (Å²) >= 11 is 5.77. The largest absolute Gasteiger partial charge is 0.449 e. The molecule has 1 unspecified atom stereocenters. The van der Waals surface area contributed by atoms with Gasteiger partial charge in [0.15, 0.2) is 6.10 Å². The molecule has 2 aromatic rings. The Morgan fingerprint density at radius 2 is 1.81 bits per heavy atom. The summed E-state index contributed by atoms with van der Waals surface area (Å²) in [4.78, 5) is 38.9. The SMILES string of the molecule is CC(OC(=O)/C=C/c1ccc(Cl)c([N+](=O)[O-])c1)C(=O)N1CCN(c2ccccc2)CC1. The number of para-hydroxylation sites is 1. The first kappa shape index (κ1) is 22.3. The van der Waals surface area contributed by atoms with E-state index in [1.807, 2.05) is 30.3 Å². The summed E-state index contributed by atoms with van der Waals surface area (Å²) in [5, 5.41) is 11.0. The molecule has 0 spiro atoms. The molecule has 1 aliphatic heterocycles. The average molecular weight is 444 g/mol. The normalized spacial score (nSPS) is 15.0. The predicted octanol–water partition coefficient (Wildman–Crippen LogP) is 3.54. The van der Waals surface area contributed by atoms with Gasteiger partial charge >= 0.3 is 5.97 Å². The van der Waals surface area contributed by atoms with Crippen LogP contribution in [0.1, 0.15) is 12.5 Å². The third-order valence-corrected chi connectivity index (χ3v) is 5.25. The molecule has 2 aromatic carbocycles. The number of benzene rings is 2. The van der Waals surface area contributed by atoms with E-state index >= 15 is 0 Å². The maximum atomic E-state index is 12.6. The number of anilines is 1. The molecule has 31 heavy (non-hydrogen) atoms. The van der Waals surface area contributed by atoms with Gasteiger partial charge in [0.25, 0.3) is 11.6 Å². The number of rotatable bonds is 6. The number of amides is 1. The van der Waals surface area contributed by atoms with Gasteiger partial charge in [-0.1, -0.05) is 35.9 Å². The Morgan fingerprint density at radius 1 is 1.13 bits per heavy atom. The molecule has 8 nitrogen and oxygen atoms in total. The molecule has 0 aliphatic carbocycles. The van der Waals surface area contributed by atoms with E-state index in [9.17, 15) is 19.7 Å². The van der Waals surface area contributed by atoms with Crippen LogP contribution in [0.5, 0.6) is 0 Å². The van der Waals surface area contributed by atoms with E-state index in [1.165, 1.54) is 25.1 Å². The van der Waals surface area contributed by atoms with Crippen molar-refractivity contribution in [3.05, 3.63) is 75.3 Å². The highest BCUT2D eigenvalue weighted by atomic mass is 35.5. The van der Waals surface area contributed by atoms with Crippen LogP contribution in [0.2, 0.25) is 5.02 Å². The Balaban J connectivity index is 1.52. The van der Waals surface area contributed by atoms with E-state index in [1.54, 1.807) is 11.0 Å². The van der Waals surface area contributed by atoms with Gasteiger partial charge < -0.3 is 14.5 Å². The molecule has 0 radical (unpaired) electrons. The fourth-order valence-corrected chi connectivity index (χ4v) is 3.47. The minimum absolute atomic E-state index is 0.0105. The Kier molecular flexibility index (Phi) is 7.25. The highest BCUT2D eigenvalue weighted by molar-refractivity contribution is 6.32. The van der Waals surface area contributed by atoms with Crippen LogP contribution in [-0.2, 0) is 14.3 Å². The van der Waals surface area contributed by atoms with Gasteiger partial charge in [-0.3, -0.25) is 14.9 Å². The Hall–Kier alpha value is -3.39. The first-order valence-electron chi connectivity index (χ1n) is 9.76. The predicted molar refractivity (Wildman–Crippen MR) is 118 cm³/mol. The molecule has 1 atom stereocenters. The number of hydrogen-bond donors (Lipinski definition) is 0. The lowest BCUT2D eigenvalue weighted by molar-refractivity contribution is -0.384. The summed E-state index contributed by atoms with van der Waals surface area (Å²) < 4.78 is 5.21. The van der Waals surface area contributed by atoms with E-state index in [2.05, 4.69) is 4.90 Å². The monoisotopic (exact) mass is 443 g/mol. The van der Waals surface area contributed by atoms with Crippen LogP contribution in [0.4, 0.5) is 11.4 Å². The molecule has 9 heteroatoms. The van der Waals surface area contributed by atoms with Crippen LogP contribution >= 0.6 is 11.6 Å². The molecule has 1 fully saturated rings. The lowest BCUT2D eigenvalue weighted by atomic mass is 10.2. The lowest BCUT2D eigenvalue weighted by Gasteiger charge is -2.36. The standard InChI is InChI=1S/C22H22ClN3O5/c1-16(22(28)25-13-11-24(12-14-25)18-5-3-2-4-6-18)31-21(27)10-8-17-7-9-19(23)20(15-17)26(29)30/h2-10,15-16H,11-14H2,1H3/b10-8+. The minimum Gasteiger partial charge on any atom is -0.449 e. The van der Waals surface area contributed by atoms with Crippen LogP contribution in [0.3, 0.4) is 0 Å². The van der Waals surface area contributed by atoms with E-state index < -0.39 is 17.0 Å². The van der Waals surface area contributed by atoms with Crippen molar-refractivity contribution >= 4 is 40.9 Å². The first-order chi connectivity index (χ1) is 14.8. The molecule has 162 valence electrons. The second kappa shape index (κ2) is 10.1. The number of ether oxygens (including phenoxy) is 1. The number of nitrogens with zero attached hydrogens (tertiary/aromatic N) is 3.